The maximum Gasteiger partial charge on any atom is 0.233 e. The van der Waals surface area contributed by atoms with Crippen LogP contribution in [0.5, 0.6) is 0 Å². The van der Waals surface area contributed by atoms with Crippen LogP contribution in [0, 0.1) is 11.3 Å². The molecule has 0 saturated carbocycles. The van der Waals surface area contributed by atoms with Crippen LogP contribution < -0.4 is 4.90 Å². The second kappa shape index (κ2) is 4.39. The smallest absolute Gasteiger partial charge is 0.233 e. The van der Waals surface area contributed by atoms with Crippen LogP contribution in [0.3, 0.4) is 0 Å². The largest absolute Gasteiger partial charge is 0.448 e. The molecule has 1 atom stereocenters. The first-order valence-electron chi connectivity index (χ1n) is 7.03. The van der Waals surface area contributed by atoms with Gasteiger partial charge in [-0.1, -0.05) is 20.8 Å². The Morgan fingerprint density at radius 1 is 1.21 bits per heavy atom. The van der Waals surface area contributed by atoms with E-state index in [1.807, 2.05) is 11.0 Å². The van der Waals surface area contributed by atoms with Crippen LogP contribution in [0.25, 0.3) is 0 Å². The normalized spacial score (nSPS) is 21.3. The molecule has 0 bridgehead atoms. The average Bonchev–Trinajstić information content (AvgIpc) is 2.57. The number of amides is 1. The first kappa shape index (κ1) is 14.2. The molecule has 0 fully saturated rings. The van der Waals surface area contributed by atoms with E-state index in [1.165, 1.54) is 0 Å². The highest BCUT2D eigenvalue weighted by atomic mass is 16.3. The zero-order valence-corrected chi connectivity index (χ0v) is 12.9. The number of aryl methyl sites for hydroxylation is 1. The summed E-state index contributed by atoms with van der Waals surface area (Å²) in [6.45, 7) is 12.6. The van der Waals surface area contributed by atoms with Gasteiger partial charge in [0.15, 0.2) is 0 Å². The predicted octanol–water partition coefficient (Wildman–Crippen LogP) is 4.02. The van der Waals surface area contributed by atoms with E-state index in [0.29, 0.717) is 0 Å². The van der Waals surface area contributed by atoms with Gasteiger partial charge in [-0.3, -0.25) is 9.69 Å². The fraction of sp³-hybridized carbons (Fsp3) is 0.688. The molecule has 1 aliphatic heterocycles. The Labute approximate surface area is 116 Å². The summed E-state index contributed by atoms with van der Waals surface area (Å²) < 4.78 is 5.61. The standard InChI is InChI=1S/C16H25NO2/c1-15(2,3)12-8-7-11-9-10-19-14(11)17(13(12)18)16(4,5)6/h9-10,12H,7-8H2,1-6H3. The Morgan fingerprint density at radius 2 is 1.84 bits per heavy atom. The minimum atomic E-state index is -0.266. The van der Waals surface area contributed by atoms with Crippen molar-refractivity contribution in [3.05, 3.63) is 17.9 Å². The van der Waals surface area contributed by atoms with Gasteiger partial charge in [-0.2, -0.15) is 0 Å². The van der Waals surface area contributed by atoms with E-state index in [9.17, 15) is 4.79 Å². The van der Waals surface area contributed by atoms with Crippen molar-refractivity contribution in [1.29, 1.82) is 0 Å². The molecule has 2 heterocycles. The average molecular weight is 263 g/mol. The van der Waals surface area contributed by atoms with Gasteiger partial charge in [0.1, 0.15) is 0 Å². The topological polar surface area (TPSA) is 33.5 Å². The zero-order chi connectivity index (χ0) is 14.4. The molecule has 0 aromatic carbocycles. The number of furan rings is 1. The molecule has 0 radical (unpaired) electrons. The van der Waals surface area contributed by atoms with E-state index < -0.39 is 0 Å². The van der Waals surface area contributed by atoms with Gasteiger partial charge in [-0.05, 0) is 45.1 Å². The van der Waals surface area contributed by atoms with Crippen molar-refractivity contribution in [3.63, 3.8) is 0 Å². The van der Waals surface area contributed by atoms with Gasteiger partial charge >= 0.3 is 0 Å². The first-order chi connectivity index (χ1) is 8.62. The second-order valence-corrected chi connectivity index (χ2v) is 7.55. The lowest BCUT2D eigenvalue weighted by Gasteiger charge is -2.38. The molecule has 0 N–H and O–H groups in total. The van der Waals surface area contributed by atoms with Crippen LogP contribution in [-0.2, 0) is 11.2 Å². The van der Waals surface area contributed by atoms with Gasteiger partial charge in [-0.25, -0.2) is 0 Å². The predicted molar refractivity (Wildman–Crippen MR) is 77.2 cm³/mol. The number of rotatable bonds is 0. The maximum absolute atomic E-state index is 13.0. The lowest BCUT2D eigenvalue weighted by molar-refractivity contribution is -0.126. The van der Waals surface area contributed by atoms with Crippen molar-refractivity contribution in [2.75, 3.05) is 4.90 Å². The first-order valence-corrected chi connectivity index (χ1v) is 7.03. The summed E-state index contributed by atoms with van der Waals surface area (Å²) in [7, 11) is 0. The van der Waals surface area contributed by atoms with Crippen LogP contribution >= 0.6 is 0 Å². The highest BCUT2D eigenvalue weighted by Crippen LogP contribution is 2.40. The number of carbonyl (C=O) groups is 1. The fourth-order valence-corrected chi connectivity index (χ4v) is 2.83. The minimum Gasteiger partial charge on any atom is -0.448 e. The summed E-state index contributed by atoms with van der Waals surface area (Å²) in [6.07, 6.45) is 3.49. The number of hydrogen-bond donors (Lipinski definition) is 0. The monoisotopic (exact) mass is 263 g/mol. The van der Waals surface area contributed by atoms with Crippen LogP contribution in [-0.4, -0.2) is 11.4 Å². The molecule has 106 valence electrons. The highest BCUT2D eigenvalue weighted by molar-refractivity contribution is 5.96. The molecule has 0 saturated heterocycles. The quantitative estimate of drug-likeness (QED) is 0.708. The molecular formula is C16H25NO2. The van der Waals surface area contributed by atoms with Crippen molar-refractivity contribution in [2.45, 2.75) is 59.9 Å². The summed E-state index contributed by atoms with van der Waals surface area (Å²) in [5.74, 6) is 0.965. The van der Waals surface area contributed by atoms with E-state index in [1.54, 1.807) is 6.26 Å². The van der Waals surface area contributed by atoms with Crippen LogP contribution in [0.4, 0.5) is 5.88 Å². The number of fused-ring (bicyclic) bond motifs is 1. The van der Waals surface area contributed by atoms with Crippen LogP contribution in [0.15, 0.2) is 16.7 Å². The minimum absolute atomic E-state index is 0.0238. The summed E-state index contributed by atoms with van der Waals surface area (Å²) in [6, 6.07) is 1.99. The fourth-order valence-electron chi connectivity index (χ4n) is 2.83. The summed E-state index contributed by atoms with van der Waals surface area (Å²) in [5, 5.41) is 0. The molecule has 1 amide bonds. The molecule has 0 aliphatic carbocycles. The number of anilines is 1. The van der Waals surface area contributed by atoms with Crippen LogP contribution in [0.1, 0.15) is 53.5 Å². The highest BCUT2D eigenvalue weighted by Gasteiger charge is 2.42. The Balaban J connectivity index is 2.50. The van der Waals surface area contributed by atoms with Gasteiger partial charge in [0.2, 0.25) is 11.8 Å². The SMILES string of the molecule is CC(C)(C)C1CCc2ccoc2N(C(C)(C)C)C1=O. The molecule has 3 nitrogen and oxygen atoms in total. The van der Waals surface area contributed by atoms with E-state index in [2.05, 4.69) is 41.5 Å². The molecule has 0 spiro atoms. The molecular weight excluding hydrogens is 238 g/mol. The summed E-state index contributed by atoms with van der Waals surface area (Å²) in [4.78, 5) is 14.8. The molecule has 19 heavy (non-hydrogen) atoms. The molecule has 1 aromatic heterocycles. The van der Waals surface area contributed by atoms with Crippen molar-refractivity contribution in [1.82, 2.24) is 0 Å². The lowest BCUT2D eigenvalue weighted by atomic mass is 9.77. The summed E-state index contributed by atoms with van der Waals surface area (Å²) in [5.41, 5.74) is 0.858. The number of carbonyl (C=O) groups excluding carboxylic acids is 1. The Morgan fingerprint density at radius 3 is 2.37 bits per heavy atom. The van der Waals surface area contributed by atoms with Crippen LogP contribution in [0.2, 0.25) is 0 Å². The molecule has 1 aliphatic rings. The maximum atomic E-state index is 13.0. The van der Waals surface area contributed by atoms with Crippen molar-refractivity contribution in [3.8, 4) is 0 Å². The van der Waals surface area contributed by atoms with Crippen molar-refractivity contribution in [2.24, 2.45) is 11.3 Å². The zero-order valence-electron chi connectivity index (χ0n) is 12.9. The molecule has 2 rings (SSSR count). The van der Waals surface area contributed by atoms with E-state index in [4.69, 9.17) is 4.42 Å². The van der Waals surface area contributed by atoms with E-state index >= 15 is 0 Å². The van der Waals surface area contributed by atoms with Gasteiger partial charge in [0.25, 0.3) is 0 Å². The Kier molecular flexibility index (Phi) is 3.28. The van der Waals surface area contributed by atoms with Gasteiger partial charge in [0, 0.05) is 17.0 Å². The third-order valence-electron chi connectivity index (χ3n) is 3.86. The van der Waals surface area contributed by atoms with Gasteiger partial charge in [0.05, 0.1) is 6.26 Å². The van der Waals surface area contributed by atoms with Crippen molar-refractivity contribution < 1.29 is 9.21 Å². The number of hydrogen-bond acceptors (Lipinski definition) is 2. The van der Waals surface area contributed by atoms with E-state index in [0.717, 1.165) is 24.3 Å². The molecule has 1 unspecified atom stereocenters. The Hall–Kier alpha value is -1.25. The van der Waals surface area contributed by atoms with Crippen molar-refractivity contribution >= 4 is 11.8 Å². The number of nitrogens with zero attached hydrogens (tertiary/aromatic N) is 1. The molecule has 1 aromatic rings. The van der Waals surface area contributed by atoms with Gasteiger partial charge < -0.3 is 4.42 Å². The third-order valence-corrected chi connectivity index (χ3v) is 3.86. The third kappa shape index (κ3) is 2.56. The molecule has 3 heteroatoms. The Bertz CT molecular complexity index is 474. The second-order valence-electron chi connectivity index (χ2n) is 7.55. The van der Waals surface area contributed by atoms with E-state index in [-0.39, 0.29) is 22.8 Å². The summed E-state index contributed by atoms with van der Waals surface area (Å²) >= 11 is 0. The van der Waals surface area contributed by atoms with Gasteiger partial charge in [-0.15, -0.1) is 0 Å². The lowest BCUT2D eigenvalue weighted by Crippen LogP contribution is -2.50.